The second kappa shape index (κ2) is 8.63. The number of rotatable bonds is 5. The predicted octanol–water partition coefficient (Wildman–Crippen LogP) is 4.01. The molecule has 0 saturated carbocycles. The van der Waals surface area contributed by atoms with E-state index in [1.165, 1.54) is 27.7 Å². The van der Waals surface area contributed by atoms with E-state index in [9.17, 15) is 19.1 Å². The van der Waals surface area contributed by atoms with Gasteiger partial charge >= 0.3 is 6.03 Å². The van der Waals surface area contributed by atoms with Crippen LogP contribution in [-0.4, -0.2) is 34.3 Å². The van der Waals surface area contributed by atoms with E-state index in [2.05, 4.69) is 5.32 Å². The third kappa shape index (κ3) is 4.26. The molecule has 0 fully saturated rings. The maximum atomic E-state index is 13.3. The molecule has 1 heterocycles. The van der Waals surface area contributed by atoms with E-state index in [0.29, 0.717) is 11.1 Å². The number of nitrogens with zero attached hydrogens (tertiary/aromatic N) is 2. The highest BCUT2D eigenvalue weighted by Gasteiger charge is 2.21. The molecule has 0 unspecified atom stereocenters. The van der Waals surface area contributed by atoms with Crippen molar-refractivity contribution in [3.8, 4) is 0 Å². The van der Waals surface area contributed by atoms with E-state index in [1.54, 1.807) is 25.4 Å². The van der Waals surface area contributed by atoms with Gasteiger partial charge in [-0.15, -0.1) is 0 Å². The Kier molecular flexibility index (Phi) is 6.20. The number of amides is 2. The highest BCUT2D eigenvalue weighted by atomic mass is 35.5. The second-order valence-electron chi connectivity index (χ2n) is 6.70. The fourth-order valence-electron chi connectivity index (χ4n) is 3.15. The minimum absolute atomic E-state index is 0.0828. The molecule has 2 N–H and O–H groups in total. The lowest BCUT2D eigenvalue weighted by atomic mass is 10.0. The zero-order valence-electron chi connectivity index (χ0n) is 16.0. The molecule has 152 valence electrons. The van der Waals surface area contributed by atoms with E-state index in [1.807, 2.05) is 19.1 Å². The summed E-state index contributed by atoms with van der Waals surface area (Å²) in [5, 5.41) is 13.1. The number of hydrogen-bond donors (Lipinski definition) is 2. The summed E-state index contributed by atoms with van der Waals surface area (Å²) < 4.78 is 14.8. The molecule has 3 rings (SSSR count). The Balaban J connectivity index is 1.94. The van der Waals surface area contributed by atoms with Crippen LogP contribution in [-0.2, 0) is 6.54 Å². The first-order chi connectivity index (χ1) is 13.8. The van der Waals surface area contributed by atoms with Gasteiger partial charge in [0.05, 0.1) is 17.7 Å². The average Bonchev–Trinajstić information content (AvgIpc) is 2.72. The third-order valence-electron chi connectivity index (χ3n) is 4.89. The first kappa shape index (κ1) is 20.8. The van der Waals surface area contributed by atoms with Crippen LogP contribution in [0.3, 0.4) is 0 Å². The molecule has 0 radical (unpaired) electrons. The van der Waals surface area contributed by atoms with Crippen molar-refractivity contribution >= 4 is 34.1 Å². The summed E-state index contributed by atoms with van der Waals surface area (Å²) in [5.74, 6) is -0.566. The number of carbonyl (C=O) groups excluding carboxylic acids is 1. The monoisotopic (exact) mass is 417 g/mol. The van der Waals surface area contributed by atoms with Crippen molar-refractivity contribution in [1.82, 2.24) is 9.47 Å². The number of aliphatic hydroxyl groups is 1. The molecule has 0 aliphatic carbocycles. The zero-order chi connectivity index (χ0) is 21.1. The molecule has 0 bridgehead atoms. The third-order valence-corrected chi connectivity index (χ3v) is 5.18. The summed E-state index contributed by atoms with van der Waals surface area (Å²) in [6.07, 6.45) is 1.67. The normalized spacial score (nSPS) is 12.0. The van der Waals surface area contributed by atoms with E-state index < -0.39 is 11.8 Å². The zero-order valence-corrected chi connectivity index (χ0v) is 16.8. The van der Waals surface area contributed by atoms with Gasteiger partial charge in [-0.3, -0.25) is 4.79 Å². The summed E-state index contributed by atoms with van der Waals surface area (Å²) in [5.41, 5.74) is 0.942. The van der Waals surface area contributed by atoms with Crippen molar-refractivity contribution in [3.63, 3.8) is 0 Å². The molecular weight excluding hydrogens is 397 g/mol. The number of aromatic nitrogens is 1. The molecule has 2 amide bonds. The molecule has 3 aromatic rings. The first-order valence-electron chi connectivity index (χ1n) is 9.05. The van der Waals surface area contributed by atoms with Gasteiger partial charge in [0.2, 0.25) is 0 Å². The Morgan fingerprint density at radius 2 is 1.97 bits per heavy atom. The van der Waals surface area contributed by atoms with E-state index in [4.69, 9.17) is 11.6 Å². The maximum Gasteiger partial charge on any atom is 0.322 e. The molecule has 8 heteroatoms. The van der Waals surface area contributed by atoms with Crippen LogP contribution in [0.25, 0.3) is 10.8 Å². The quantitative estimate of drug-likeness (QED) is 0.658. The predicted molar refractivity (Wildman–Crippen MR) is 112 cm³/mol. The fourth-order valence-corrected chi connectivity index (χ4v) is 3.33. The van der Waals surface area contributed by atoms with Crippen molar-refractivity contribution in [2.75, 3.05) is 19.0 Å². The summed E-state index contributed by atoms with van der Waals surface area (Å²) in [6, 6.07) is 10.3. The van der Waals surface area contributed by atoms with Crippen LogP contribution in [0.4, 0.5) is 14.9 Å². The molecule has 29 heavy (non-hydrogen) atoms. The lowest BCUT2D eigenvalue weighted by Gasteiger charge is -2.27. The standard InChI is InChI=1S/C21H21ClFN3O3/c1-13(25(2)21(29)24-14-7-8-19(23)18(22)11-14)17-12-26(9-10-27)20(28)16-6-4-3-5-15(16)17/h3-8,11-13,27H,9-10H2,1-2H3,(H,24,29)/t13-/m0/s1. The lowest BCUT2D eigenvalue weighted by Crippen LogP contribution is -2.34. The summed E-state index contributed by atoms with van der Waals surface area (Å²) >= 11 is 5.77. The Bertz CT molecular complexity index is 1120. The maximum absolute atomic E-state index is 13.3. The van der Waals surface area contributed by atoms with Crippen LogP contribution >= 0.6 is 11.6 Å². The van der Waals surface area contributed by atoms with E-state index in [0.717, 1.165) is 10.9 Å². The lowest BCUT2D eigenvalue weighted by molar-refractivity contribution is 0.208. The Morgan fingerprint density at radius 1 is 1.28 bits per heavy atom. The highest BCUT2D eigenvalue weighted by molar-refractivity contribution is 6.31. The molecule has 0 aliphatic heterocycles. The Morgan fingerprint density at radius 3 is 2.62 bits per heavy atom. The van der Waals surface area contributed by atoms with Crippen molar-refractivity contribution in [2.45, 2.75) is 19.5 Å². The molecule has 1 atom stereocenters. The average molecular weight is 418 g/mol. The Hall–Kier alpha value is -2.90. The van der Waals surface area contributed by atoms with E-state index >= 15 is 0 Å². The largest absolute Gasteiger partial charge is 0.395 e. The van der Waals surface area contributed by atoms with Crippen LogP contribution < -0.4 is 10.9 Å². The SMILES string of the molecule is C[C@@H](c1cn(CCO)c(=O)c2ccccc12)N(C)C(=O)Nc1ccc(F)c(Cl)c1. The minimum atomic E-state index is -0.566. The van der Waals surface area contributed by atoms with Gasteiger partial charge in [-0.1, -0.05) is 29.8 Å². The van der Waals surface area contributed by atoms with E-state index in [-0.39, 0.29) is 29.8 Å². The van der Waals surface area contributed by atoms with Crippen molar-refractivity contribution in [1.29, 1.82) is 0 Å². The highest BCUT2D eigenvalue weighted by Crippen LogP contribution is 2.27. The summed E-state index contributed by atoms with van der Waals surface area (Å²) in [4.78, 5) is 26.8. The number of benzene rings is 2. The number of anilines is 1. The number of pyridine rings is 1. The van der Waals surface area contributed by atoms with Gasteiger partial charge in [-0.25, -0.2) is 9.18 Å². The fraction of sp³-hybridized carbons (Fsp3) is 0.238. The molecule has 0 aliphatic rings. The smallest absolute Gasteiger partial charge is 0.322 e. The van der Waals surface area contributed by atoms with Crippen LogP contribution in [0, 0.1) is 5.82 Å². The van der Waals surface area contributed by atoms with Crippen LogP contribution in [0.2, 0.25) is 5.02 Å². The van der Waals surface area contributed by atoms with Gasteiger partial charge in [0.25, 0.3) is 5.56 Å². The molecule has 1 aromatic heterocycles. The van der Waals surface area contributed by atoms with Crippen LogP contribution in [0.1, 0.15) is 18.5 Å². The molecule has 6 nitrogen and oxygen atoms in total. The second-order valence-corrected chi connectivity index (χ2v) is 7.11. The van der Waals surface area contributed by atoms with Gasteiger partial charge in [0.1, 0.15) is 5.82 Å². The number of hydrogen-bond acceptors (Lipinski definition) is 3. The molecule has 0 saturated heterocycles. The van der Waals surface area contributed by atoms with Gasteiger partial charge in [0.15, 0.2) is 0 Å². The first-order valence-corrected chi connectivity index (χ1v) is 9.43. The number of carbonyl (C=O) groups is 1. The summed E-state index contributed by atoms with van der Waals surface area (Å²) in [7, 11) is 1.63. The van der Waals surface area contributed by atoms with Crippen molar-refractivity contribution in [3.05, 3.63) is 75.4 Å². The molecular formula is C21H21ClFN3O3. The number of urea groups is 1. The number of halogens is 2. The topological polar surface area (TPSA) is 74.6 Å². The Labute approximate surface area is 172 Å². The van der Waals surface area contributed by atoms with Crippen LogP contribution in [0.5, 0.6) is 0 Å². The van der Waals surface area contributed by atoms with Crippen molar-refractivity contribution in [2.24, 2.45) is 0 Å². The number of fused-ring (bicyclic) bond motifs is 1. The van der Waals surface area contributed by atoms with Crippen LogP contribution in [0.15, 0.2) is 53.5 Å². The molecule has 0 spiro atoms. The minimum Gasteiger partial charge on any atom is -0.395 e. The number of nitrogens with one attached hydrogen (secondary N) is 1. The van der Waals surface area contributed by atoms with Gasteiger partial charge < -0.3 is 19.9 Å². The van der Waals surface area contributed by atoms with Gasteiger partial charge in [-0.05, 0) is 42.1 Å². The van der Waals surface area contributed by atoms with Gasteiger partial charge in [-0.2, -0.15) is 0 Å². The number of aliphatic hydroxyl groups excluding tert-OH is 1. The van der Waals surface area contributed by atoms with Crippen molar-refractivity contribution < 1.29 is 14.3 Å². The molecule has 2 aromatic carbocycles. The van der Waals surface area contributed by atoms with Gasteiger partial charge in [0, 0.05) is 30.9 Å². The summed E-state index contributed by atoms with van der Waals surface area (Å²) in [6.45, 7) is 1.83.